The normalized spacial score (nSPS) is 12.8. The van der Waals surface area contributed by atoms with Crippen molar-refractivity contribution in [1.29, 1.82) is 0 Å². The average molecular weight is 435 g/mol. The molecule has 0 saturated carbocycles. The molecule has 0 saturated heterocycles. The third kappa shape index (κ3) is 4.70. The van der Waals surface area contributed by atoms with Crippen LogP contribution in [0.4, 0.5) is 0 Å². The molecule has 0 unspecified atom stereocenters. The first-order valence-electron chi connectivity index (χ1n) is 8.83. The van der Waals surface area contributed by atoms with Gasteiger partial charge in [0.25, 0.3) is 10.0 Å². The van der Waals surface area contributed by atoms with Gasteiger partial charge in [-0.25, -0.2) is 8.42 Å². The van der Waals surface area contributed by atoms with Crippen LogP contribution in [0.15, 0.2) is 63.5 Å². The first-order valence-corrected chi connectivity index (χ1v) is 12.0. The molecule has 0 bridgehead atoms. The van der Waals surface area contributed by atoms with Gasteiger partial charge in [0.2, 0.25) is 5.91 Å². The molecular formula is C20H22N2O3S3. The van der Waals surface area contributed by atoms with E-state index in [1.807, 2.05) is 29.6 Å². The quantitative estimate of drug-likeness (QED) is 0.585. The van der Waals surface area contributed by atoms with Crippen molar-refractivity contribution in [2.45, 2.75) is 23.6 Å². The first-order chi connectivity index (χ1) is 13.4. The Morgan fingerprint density at radius 2 is 1.75 bits per heavy atom. The molecule has 1 atom stereocenters. The van der Waals surface area contributed by atoms with Gasteiger partial charge in [0.1, 0.15) is 4.21 Å². The molecule has 0 aliphatic carbocycles. The number of hydrogen-bond donors (Lipinski definition) is 1. The lowest BCUT2D eigenvalue weighted by atomic mass is 10.0. The lowest BCUT2D eigenvalue weighted by Crippen LogP contribution is -2.39. The predicted octanol–water partition coefficient (Wildman–Crippen LogP) is 3.90. The number of nitrogens with one attached hydrogen (secondary N) is 1. The van der Waals surface area contributed by atoms with Crippen molar-refractivity contribution >= 4 is 38.6 Å². The number of carbonyl (C=O) groups excluding carboxylic acids is 1. The molecule has 1 amide bonds. The lowest BCUT2D eigenvalue weighted by molar-refractivity contribution is -0.121. The summed E-state index contributed by atoms with van der Waals surface area (Å²) in [7, 11) is -2.24. The summed E-state index contributed by atoms with van der Waals surface area (Å²) in [6, 6.07) is 14.9. The van der Waals surface area contributed by atoms with Crippen LogP contribution in [0.3, 0.4) is 0 Å². The van der Waals surface area contributed by atoms with Crippen molar-refractivity contribution in [3.63, 3.8) is 0 Å². The van der Waals surface area contributed by atoms with E-state index in [1.54, 1.807) is 22.8 Å². The molecule has 0 spiro atoms. The molecule has 1 N–H and O–H groups in total. The fraction of sp³-hybridized carbons (Fsp3) is 0.250. The highest BCUT2D eigenvalue weighted by Gasteiger charge is 2.25. The van der Waals surface area contributed by atoms with E-state index in [9.17, 15) is 13.2 Å². The van der Waals surface area contributed by atoms with Crippen molar-refractivity contribution in [3.05, 3.63) is 75.3 Å². The molecule has 0 radical (unpaired) electrons. The van der Waals surface area contributed by atoms with E-state index < -0.39 is 10.0 Å². The number of amides is 1. The Labute approximate surface area is 173 Å². The number of likely N-dealkylation sites (N-methyl/N-ethyl adjacent to an activating group) is 1. The van der Waals surface area contributed by atoms with E-state index in [-0.39, 0.29) is 22.7 Å². The maximum absolute atomic E-state index is 12.7. The topological polar surface area (TPSA) is 66.5 Å². The maximum atomic E-state index is 12.7. The van der Waals surface area contributed by atoms with Gasteiger partial charge in [-0.2, -0.15) is 4.31 Å². The summed E-state index contributed by atoms with van der Waals surface area (Å²) in [6.07, 6.45) is 0.946. The minimum absolute atomic E-state index is 0.229. The van der Waals surface area contributed by atoms with E-state index in [0.29, 0.717) is 0 Å². The van der Waals surface area contributed by atoms with Gasteiger partial charge < -0.3 is 5.32 Å². The molecule has 8 heteroatoms. The zero-order valence-corrected chi connectivity index (χ0v) is 18.1. The zero-order chi connectivity index (χ0) is 20.1. The summed E-state index contributed by atoms with van der Waals surface area (Å²) in [6.45, 7) is 1.85. The molecule has 3 rings (SSSR count). The molecular weight excluding hydrogens is 412 g/mol. The van der Waals surface area contributed by atoms with Crippen LogP contribution in [0.5, 0.6) is 0 Å². The van der Waals surface area contributed by atoms with Crippen molar-refractivity contribution in [1.82, 2.24) is 9.62 Å². The van der Waals surface area contributed by atoms with Gasteiger partial charge in [-0.05, 0) is 40.4 Å². The summed E-state index contributed by atoms with van der Waals surface area (Å²) in [5.74, 6) is -0.347. The second kappa shape index (κ2) is 9.00. The standard InChI is InChI=1S/C20H22N2O3S3/c1-3-15-8-10-16(11-9-15)20(17-6-4-12-26-17)21-18(23)14-22(2)28(24,25)19-7-5-13-27-19/h4-13,20H,3,14H2,1-2H3,(H,21,23)/t20-/m0/s1. The van der Waals surface area contributed by atoms with Gasteiger partial charge in [-0.3, -0.25) is 4.79 Å². The van der Waals surface area contributed by atoms with Crippen LogP contribution in [0.2, 0.25) is 0 Å². The molecule has 3 aromatic rings. The summed E-state index contributed by atoms with van der Waals surface area (Å²) in [4.78, 5) is 13.7. The van der Waals surface area contributed by atoms with Crippen LogP contribution in [0.25, 0.3) is 0 Å². The second-order valence-corrected chi connectivity index (χ2v) is 10.5. The van der Waals surface area contributed by atoms with Crippen molar-refractivity contribution < 1.29 is 13.2 Å². The minimum Gasteiger partial charge on any atom is -0.343 e. The van der Waals surface area contributed by atoms with Gasteiger partial charge in [0.15, 0.2) is 0 Å². The molecule has 0 fully saturated rings. The molecule has 28 heavy (non-hydrogen) atoms. The van der Waals surface area contributed by atoms with Crippen LogP contribution >= 0.6 is 22.7 Å². The Balaban J connectivity index is 1.76. The zero-order valence-electron chi connectivity index (χ0n) is 15.7. The van der Waals surface area contributed by atoms with E-state index in [1.165, 1.54) is 18.7 Å². The van der Waals surface area contributed by atoms with Gasteiger partial charge in [0.05, 0.1) is 12.6 Å². The summed E-state index contributed by atoms with van der Waals surface area (Å²) in [5, 5.41) is 6.65. The third-order valence-corrected chi connectivity index (χ3v) is 8.49. The van der Waals surface area contributed by atoms with Crippen LogP contribution in [0, 0.1) is 0 Å². The number of aryl methyl sites for hydroxylation is 1. The highest BCUT2D eigenvalue weighted by Crippen LogP contribution is 2.27. The summed E-state index contributed by atoms with van der Waals surface area (Å²) < 4.78 is 26.4. The Bertz CT molecular complexity index is 996. The van der Waals surface area contributed by atoms with E-state index in [4.69, 9.17) is 0 Å². The van der Waals surface area contributed by atoms with Crippen LogP contribution in [-0.4, -0.2) is 32.2 Å². The molecule has 2 heterocycles. The molecule has 5 nitrogen and oxygen atoms in total. The number of thiophene rings is 2. The molecule has 1 aromatic carbocycles. The number of rotatable bonds is 8. The molecule has 0 aliphatic heterocycles. The molecule has 2 aromatic heterocycles. The van der Waals surface area contributed by atoms with Gasteiger partial charge in [0, 0.05) is 11.9 Å². The number of carbonyl (C=O) groups is 1. The Morgan fingerprint density at radius 1 is 1.07 bits per heavy atom. The molecule has 0 aliphatic rings. The maximum Gasteiger partial charge on any atom is 0.252 e. The van der Waals surface area contributed by atoms with Gasteiger partial charge in [-0.15, -0.1) is 22.7 Å². The first kappa shape index (κ1) is 20.7. The van der Waals surface area contributed by atoms with Crippen molar-refractivity contribution in [2.24, 2.45) is 0 Å². The largest absolute Gasteiger partial charge is 0.343 e. The highest BCUT2D eigenvalue weighted by molar-refractivity contribution is 7.91. The van der Waals surface area contributed by atoms with E-state index in [0.717, 1.165) is 32.5 Å². The summed E-state index contributed by atoms with van der Waals surface area (Å²) >= 11 is 2.69. The number of benzene rings is 1. The Kier molecular flexibility index (Phi) is 6.66. The monoisotopic (exact) mass is 434 g/mol. The van der Waals surface area contributed by atoms with Gasteiger partial charge >= 0.3 is 0 Å². The van der Waals surface area contributed by atoms with E-state index in [2.05, 4.69) is 24.4 Å². The van der Waals surface area contributed by atoms with Crippen molar-refractivity contribution in [2.75, 3.05) is 13.6 Å². The lowest BCUT2D eigenvalue weighted by Gasteiger charge is -2.21. The van der Waals surface area contributed by atoms with Crippen LogP contribution in [-0.2, 0) is 21.2 Å². The molecule has 148 valence electrons. The van der Waals surface area contributed by atoms with Crippen LogP contribution in [0.1, 0.15) is 29.0 Å². The highest BCUT2D eigenvalue weighted by atomic mass is 32.2. The van der Waals surface area contributed by atoms with Crippen LogP contribution < -0.4 is 5.32 Å². The minimum atomic E-state index is -3.66. The average Bonchev–Trinajstić information content (AvgIpc) is 3.40. The number of sulfonamides is 1. The Hall–Kier alpha value is -2.00. The second-order valence-electron chi connectivity index (χ2n) is 6.30. The number of hydrogen-bond acceptors (Lipinski definition) is 5. The third-order valence-electron chi connectivity index (χ3n) is 4.38. The van der Waals surface area contributed by atoms with Crippen molar-refractivity contribution in [3.8, 4) is 0 Å². The van der Waals surface area contributed by atoms with Gasteiger partial charge in [-0.1, -0.05) is 43.3 Å². The van der Waals surface area contributed by atoms with E-state index >= 15 is 0 Å². The smallest absolute Gasteiger partial charge is 0.252 e. The fourth-order valence-electron chi connectivity index (χ4n) is 2.78. The Morgan fingerprint density at radius 3 is 2.32 bits per heavy atom. The number of nitrogens with zero attached hydrogens (tertiary/aromatic N) is 1. The summed E-state index contributed by atoms with van der Waals surface area (Å²) in [5.41, 5.74) is 2.19. The predicted molar refractivity (Wildman–Crippen MR) is 114 cm³/mol. The fourth-order valence-corrected chi connectivity index (χ4v) is 5.91. The SMILES string of the molecule is CCc1ccc([C@H](NC(=O)CN(C)S(=O)(=O)c2cccs2)c2cccs2)cc1.